The van der Waals surface area contributed by atoms with Crippen molar-refractivity contribution in [2.45, 2.75) is 6.54 Å². The number of hydrogen-bond acceptors (Lipinski definition) is 4. The summed E-state index contributed by atoms with van der Waals surface area (Å²) in [6.45, 7) is 4.17. The molecule has 0 aliphatic carbocycles. The minimum Gasteiger partial charge on any atom is -0.379 e. The van der Waals surface area contributed by atoms with Crippen LogP contribution in [0.1, 0.15) is 5.56 Å². The standard InChI is InChI=1S/C16H23N3O/c1-19(2)10-12-20-11-9-17-13-15-6-3-5-14-7-4-8-18-16(14)15/h3-8,17H,9-13H2,1-2H3. The van der Waals surface area contributed by atoms with E-state index in [4.69, 9.17) is 4.74 Å². The second kappa shape index (κ2) is 7.94. The van der Waals surface area contributed by atoms with Crippen LogP contribution in [0.4, 0.5) is 0 Å². The van der Waals surface area contributed by atoms with Crippen molar-refractivity contribution in [1.29, 1.82) is 0 Å². The van der Waals surface area contributed by atoms with E-state index in [1.807, 2.05) is 12.3 Å². The predicted octanol–water partition coefficient (Wildman–Crippen LogP) is 1.90. The molecular formula is C16H23N3O. The summed E-state index contributed by atoms with van der Waals surface area (Å²) in [5, 5.41) is 4.59. The molecule has 2 aromatic rings. The third-order valence-electron chi connectivity index (χ3n) is 3.14. The summed E-state index contributed by atoms with van der Waals surface area (Å²) in [5.74, 6) is 0. The van der Waals surface area contributed by atoms with Gasteiger partial charge in [0.05, 0.1) is 18.7 Å². The molecule has 20 heavy (non-hydrogen) atoms. The van der Waals surface area contributed by atoms with Gasteiger partial charge in [-0.25, -0.2) is 0 Å². The third kappa shape index (κ3) is 4.56. The van der Waals surface area contributed by atoms with E-state index in [0.717, 1.165) is 38.4 Å². The van der Waals surface area contributed by atoms with E-state index in [1.165, 1.54) is 10.9 Å². The molecule has 1 aromatic heterocycles. The number of nitrogens with one attached hydrogen (secondary N) is 1. The van der Waals surface area contributed by atoms with Crippen molar-refractivity contribution in [3.8, 4) is 0 Å². The lowest BCUT2D eigenvalue weighted by molar-refractivity contribution is 0.119. The highest BCUT2D eigenvalue weighted by Crippen LogP contribution is 2.15. The van der Waals surface area contributed by atoms with Crippen LogP contribution >= 0.6 is 0 Å². The average Bonchev–Trinajstić information content (AvgIpc) is 2.46. The molecule has 0 aliphatic heterocycles. The Morgan fingerprint density at radius 1 is 1.15 bits per heavy atom. The molecule has 4 nitrogen and oxygen atoms in total. The van der Waals surface area contributed by atoms with E-state index >= 15 is 0 Å². The van der Waals surface area contributed by atoms with Crippen LogP contribution in [0.15, 0.2) is 36.5 Å². The van der Waals surface area contributed by atoms with E-state index in [0.29, 0.717) is 0 Å². The topological polar surface area (TPSA) is 37.4 Å². The smallest absolute Gasteiger partial charge is 0.0746 e. The summed E-state index contributed by atoms with van der Waals surface area (Å²) in [4.78, 5) is 6.57. The fourth-order valence-electron chi connectivity index (χ4n) is 2.03. The molecule has 1 aromatic carbocycles. The first kappa shape index (κ1) is 14.9. The van der Waals surface area contributed by atoms with Crippen LogP contribution in [-0.2, 0) is 11.3 Å². The Kier molecular flexibility index (Phi) is 5.92. The fourth-order valence-corrected chi connectivity index (χ4v) is 2.03. The molecule has 0 spiro atoms. The molecule has 0 radical (unpaired) electrons. The largest absolute Gasteiger partial charge is 0.379 e. The molecule has 1 N–H and O–H groups in total. The molecule has 0 bridgehead atoms. The monoisotopic (exact) mass is 273 g/mol. The number of ether oxygens (including phenoxy) is 1. The summed E-state index contributed by atoms with van der Waals surface area (Å²) in [5.41, 5.74) is 2.31. The minimum absolute atomic E-state index is 0.742. The number of nitrogens with zero attached hydrogens (tertiary/aromatic N) is 2. The minimum atomic E-state index is 0.742. The van der Waals surface area contributed by atoms with E-state index in [9.17, 15) is 0 Å². The Balaban J connectivity index is 1.73. The fraction of sp³-hybridized carbons (Fsp3) is 0.438. The molecule has 2 rings (SSSR count). The average molecular weight is 273 g/mol. The van der Waals surface area contributed by atoms with Crippen LogP contribution < -0.4 is 5.32 Å². The third-order valence-corrected chi connectivity index (χ3v) is 3.14. The number of benzene rings is 1. The van der Waals surface area contributed by atoms with Crippen molar-refractivity contribution in [3.05, 3.63) is 42.1 Å². The maximum Gasteiger partial charge on any atom is 0.0746 e. The van der Waals surface area contributed by atoms with Crippen molar-refractivity contribution in [1.82, 2.24) is 15.2 Å². The van der Waals surface area contributed by atoms with Crippen molar-refractivity contribution in [3.63, 3.8) is 0 Å². The van der Waals surface area contributed by atoms with E-state index in [1.54, 1.807) is 0 Å². The lowest BCUT2D eigenvalue weighted by Gasteiger charge is -2.10. The molecule has 0 unspecified atom stereocenters. The van der Waals surface area contributed by atoms with E-state index < -0.39 is 0 Å². The number of aromatic nitrogens is 1. The summed E-state index contributed by atoms with van der Waals surface area (Å²) >= 11 is 0. The van der Waals surface area contributed by atoms with Crippen molar-refractivity contribution >= 4 is 10.9 Å². The van der Waals surface area contributed by atoms with Gasteiger partial charge in [-0.05, 0) is 25.7 Å². The Morgan fingerprint density at radius 2 is 2.00 bits per heavy atom. The SMILES string of the molecule is CN(C)CCOCCNCc1cccc2cccnc12. The molecule has 0 amide bonds. The molecule has 108 valence electrons. The van der Waals surface area contributed by atoms with Gasteiger partial charge in [0.2, 0.25) is 0 Å². The zero-order chi connectivity index (χ0) is 14.2. The highest BCUT2D eigenvalue weighted by atomic mass is 16.5. The first-order valence-corrected chi connectivity index (χ1v) is 7.03. The van der Waals surface area contributed by atoms with Gasteiger partial charge in [0.25, 0.3) is 0 Å². The summed E-state index contributed by atoms with van der Waals surface area (Å²) in [6, 6.07) is 10.4. The quantitative estimate of drug-likeness (QED) is 0.746. The zero-order valence-electron chi connectivity index (χ0n) is 12.3. The van der Waals surface area contributed by atoms with Crippen molar-refractivity contribution in [2.24, 2.45) is 0 Å². The first-order chi connectivity index (χ1) is 9.77. The molecule has 0 atom stereocenters. The molecule has 0 fully saturated rings. The molecule has 1 heterocycles. The highest BCUT2D eigenvalue weighted by Gasteiger charge is 2.00. The number of fused-ring (bicyclic) bond motifs is 1. The van der Waals surface area contributed by atoms with Gasteiger partial charge in [0.1, 0.15) is 0 Å². The number of hydrogen-bond donors (Lipinski definition) is 1. The maximum atomic E-state index is 5.55. The normalized spacial score (nSPS) is 11.3. The van der Waals surface area contributed by atoms with Gasteiger partial charge < -0.3 is 15.0 Å². The summed E-state index contributed by atoms with van der Waals surface area (Å²) in [7, 11) is 4.10. The van der Waals surface area contributed by atoms with Gasteiger partial charge in [-0.1, -0.05) is 24.3 Å². The maximum absolute atomic E-state index is 5.55. The lowest BCUT2D eigenvalue weighted by atomic mass is 10.1. The van der Waals surface area contributed by atoms with Gasteiger partial charge in [-0.15, -0.1) is 0 Å². The molecule has 0 saturated heterocycles. The van der Waals surface area contributed by atoms with E-state index in [-0.39, 0.29) is 0 Å². The molecule has 4 heteroatoms. The van der Waals surface area contributed by atoms with Gasteiger partial charge in [-0.3, -0.25) is 4.98 Å². The highest BCUT2D eigenvalue weighted by molar-refractivity contribution is 5.81. The van der Waals surface area contributed by atoms with Crippen LogP contribution in [0.2, 0.25) is 0 Å². The first-order valence-electron chi connectivity index (χ1n) is 7.03. The van der Waals surface area contributed by atoms with Gasteiger partial charge in [0, 0.05) is 31.2 Å². The molecular weight excluding hydrogens is 250 g/mol. The van der Waals surface area contributed by atoms with Crippen LogP contribution in [0.3, 0.4) is 0 Å². The molecule has 0 saturated carbocycles. The second-order valence-corrected chi connectivity index (χ2v) is 5.08. The summed E-state index contributed by atoms with van der Waals surface area (Å²) < 4.78 is 5.55. The van der Waals surface area contributed by atoms with Gasteiger partial charge in [0.15, 0.2) is 0 Å². The number of pyridine rings is 1. The van der Waals surface area contributed by atoms with Crippen LogP contribution in [-0.4, -0.2) is 50.3 Å². The zero-order valence-corrected chi connectivity index (χ0v) is 12.3. The van der Waals surface area contributed by atoms with Crippen LogP contribution in [0.5, 0.6) is 0 Å². The van der Waals surface area contributed by atoms with Crippen molar-refractivity contribution < 1.29 is 4.74 Å². The Labute approximate surface area is 120 Å². The number of rotatable bonds is 8. The summed E-state index contributed by atoms with van der Waals surface area (Å²) in [6.07, 6.45) is 1.84. The van der Waals surface area contributed by atoms with Gasteiger partial charge in [-0.2, -0.15) is 0 Å². The van der Waals surface area contributed by atoms with Crippen molar-refractivity contribution in [2.75, 3.05) is 40.4 Å². The number of likely N-dealkylation sites (N-methyl/N-ethyl adjacent to an activating group) is 1. The predicted molar refractivity (Wildman–Crippen MR) is 82.8 cm³/mol. The van der Waals surface area contributed by atoms with Crippen LogP contribution in [0, 0.1) is 0 Å². The Bertz CT molecular complexity index is 523. The second-order valence-electron chi connectivity index (χ2n) is 5.08. The van der Waals surface area contributed by atoms with Crippen LogP contribution in [0.25, 0.3) is 10.9 Å². The number of para-hydroxylation sites is 1. The van der Waals surface area contributed by atoms with Gasteiger partial charge >= 0.3 is 0 Å². The lowest BCUT2D eigenvalue weighted by Crippen LogP contribution is -2.23. The van der Waals surface area contributed by atoms with E-state index in [2.05, 4.69) is 53.6 Å². The Morgan fingerprint density at radius 3 is 2.85 bits per heavy atom. The molecule has 0 aliphatic rings. The Hall–Kier alpha value is -1.49.